The Hall–Kier alpha value is -2.42. The quantitative estimate of drug-likeness (QED) is 0.713. The lowest BCUT2D eigenvalue weighted by Gasteiger charge is -2.30. The third kappa shape index (κ3) is 4.29. The van der Waals surface area contributed by atoms with Gasteiger partial charge in [-0.15, -0.1) is 12.4 Å². The number of hydrogen-bond donors (Lipinski definition) is 1. The van der Waals surface area contributed by atoms with Crippen molar-refractivity contribution in [1.29, 1.82) is 0 Å². The van der Waals surface area contributed by atoms with Gasteiger partial charge in [-0.05, 0) is 24.7 Å². The highest BCUT2D eigenvalue weighted by Crippen LogP contribution is 2.22. The zero-order valence-corrected chi connectivity index (χ0v) is 16.1. The van der Waals surface area contributed by atoms with E-state index < -0.39 is 0 Å². The summed E-state index contributed by atoms with van der Waals surface area (Å²) < 4.78 is 12.5. The zero-order chi connectivity index (χ0) is 17.9. The number of hydrogen-bond acceptors (Lipinski definition) is 7. The highest BCUT2D eigenvalue weighted by Gasteiger charge is 2.25. The fourth-order valence-electron chi connectivity index (χ4n) is 3.06. The molecule has 4 rings (SSSR count). The first-order valence-electron chi connectivity index (χ1n) is 8.63. The van der Waals surface area contributed by atoms with Crippen LogP contribution in [0.2, 0.25) is 0 Å². The molecule has 0 saturated carbocycles. The third-order valence-electron chi connectivity index (χ3n) is 4.63. The summed E-state index contributed by atoms with van der Waals surface area (Å²) in [5.74, 6) is 2.05. The molecule has 1 aliphatic heterocycles. The van der Waals surface area contributed by atoms with Gasteiger partial charge in [0, 0.05) is 25.8 Å². The third-order valence-corrected chi connectivity index (χ3v) is 4.63. The molecule has 1 atom stereocenters. The average molecular weight is 391 g/mol. The number of halogens is 1. The van der Waals surface area contributed by atoms with E-state index in [1.165, 1.54) is 0 Å². The maximum absolute atomic E-state index is 5.46. The fourth-order valence-corrected chi connectivity index (χ4v) is 3.06. The number of methoxy groups -OCH3 is 1. The molecular weight excluding hydrogens is 368 g/mol. The van der Waals surface area contributed by atoms with Crippen molar-refractivity contribution in [2.75, 3.05) is 33.8 Å². The molecular formula is C18H23ClN6O2. The monoisotopic (exact) mass is 390 g/mol. The first kappa shape index (κ1) is 19.3. The highest BCUT2D eigenvalue weighted by molar-refractivity contribution is 5.85. The summed E-state index contributed by atoms with van der Waals surface area (Å²) in [5, 5.41) is 11.9. The molecule has 0 amide bonds. The van der Waals surface area contributed by atoms with Crippen LogP contribution in [0.5, 0.6) is 5.75 Å². The minimum absolute atomic E-state index is 0. The standard InChI is InChI=1S/C18H22N6O2.ClH/c1-23-8-7-19-10-16(23)17-21-18(26-22-17)14-9-20-24(12-14)11-13-3-5-15(25-2)6-4-13;/h3-6,9,12,16,19H,7-8,10-11H2,1-2H3;1H. The molecule has 1 aromatic carbocycles. The van der Waals surface area contributed by atoms with Gasteiger partial charge in [-0.1, -0.05) is 17.3 Å². The summed E-state index contributed by atoms with van der Waals surface area (Å²) >= 11 is 0. The molecule has 144 valence electrons. The second-order valence-electron chi connectivity index (χ2n) is 6.43. The largest absolute Gasteiger partial charge is 0.497 e. The molecule has 1 saturated heterocycles. The molecule has 1 N–H and O–H groups in total. The van der Waals surface area contributed by atoms with Crippen molar-refractivity contribution >= 4 is 12.4 Å². The minimum Gasteiger partial charge on any atom is -0.497 e. The maximum atomic E-state index is 5.46. The number of likely N-dealkylation sites (N-methyl/N-ethyl adjacent to an activating group) is 1. The van der Waals surface area contributed by atoms with Gasteiger partial charge in [-0.2, -0.15) is 10.1 Å². The molecule has 2 aromatic heterocycles. The van der Waals surface area contributed by atoms with Crippen LogP contribution in [0.3, 0.4) is 0 Å². The number of nitrogens with one attached hydrogen (secondary N) is 1. The number of piperazine rings is 1. The van der Waals surface area contributed by atoms with Gasteiger partial charge in [-0.3, -0.25) is 9.58 Å². The van der Waals surface area contributed by atoms with Crippen LogP contribution < -0.4 is 10.1 Å². The van der Waals surface area contributed by atoms with E-state index in [0.29, 0.717) is 18.3 Å². The Morgan fingerprint density at radius 2 is 2.11 bits per heavy atom. The van der Waals surface area contributed by atoms with Crippen molar-refractivity contribution in [1.82, 2.24) is 30.1 Å². The van der Waals surface area contributed by atoms with Crippen LogP contribution in [-0.2, 0) is 6.54 Å². The highest BCUT2D eigenvalue weighted by atomic mass is 35.5. The van der Waals surface area contributed by atoms with Crippen LogP contribution in [0.1, 0.15) is 17.4 Å². The van der Waals surface area contributed by atoms with Crippen LogP contribution in [-0.4, -0.2) is 58.6 Å². The molecule has 0 radical (unpaired) electrons. The molecule has 27 heavy (non-hydrogen) atoms. The fraction of sp³-hybridized carbons (Fsp3) is 0.389. The molecule has 0 bridgehead atoms. The summed E-state index contributed by atoms with van der Waals surface area (Å²) in [6, 6.07) is 8.07. The molecule has 1 fully saturated rings. The number of aromatic nitrogens is 4. The van der Waals surface area contributed by atoms with Crippen molar-refractivity contribution in [3.63, 3.8) is 0 Å². The predicted octanol–water partition coefficient (Wildman–Crippen LogP) is 1.99. The molecule has 9 heteroatoms. The molecule has 0 spiro atoms. The number of ether oxygens (including phenoxy) is 1. The van der Waals surface area contributed by atoms with E-state index in [4.69, 9.17) is 9.26 Å². The SMILES string of the molecule is COc1ccc(Cn2cc(-c3nc(C4CNCCN4C)no3)cn2)cc1.Cl. The summed E-state index contributed by atoms with van der Waals surface area (Å²) in [6.45, 7) is 3.44. The van der Waals surface area contributed by atoms with Crippen molar-refractivity contribution < 1.29 is 9.26 Å². The molecule has 1 unspecified atom stereocenters. The molecule has 0 aliphatic carbocycles. The van der Waals surface area contributed by atoms with Crippen molar-refractivity contribution in [3.05, 3.63) is 48.0 Å². The normalized spacial score (nSPS) is 17.5. The van der Waals surface area contributed by atoms with Gasteiger partial charge < -0.3 is 14.6 Å². The van der Waals surface area contributed by atoms with Gasteiger partial charge in [0.05, 0.1) is 31.5 Å². The van der Waals surface area contributed by atoms with E-state index in [2.05, 4.69) is 32.5 Å². The summed E-state index contributed by atoms with van der Waals surface area (Å²) in [7, 11) is 3.74. The smallest absolute Gasteiger partial charge is 0.261 e. The molecule has 8 nitrogen and oxygen atoms in total. The van der Waals surface area contributed by atoms with Crippen molar-refractivity contribution in [2.24, 2.45) is 0 Å². The van der Waals surface area contributed by atoms with E-state index >= 15 is 0 Å². The number of rotatable bonds is 5. The lowest BCUT2D eigenvalue weighted by Crippen LogP contribution is -2.44. The first-order chi connectivity index (χ1) is 12.7. The van der Waals surface area contributed by atoms with Crippen LogP contribution in [0.25, 0.3) is 11.5 Å². The van der Waals surface area contributed by atoms with Crippen LogP contribution in [0.15, 0.2) is 41.2 Å². The second kappa shape index (κ2) is 8.51. The van der Waals surface area contributed by atoms with Crippen LogP contribution >= 0.6 is 12.4 Å². The Balaban J connectivity index is 0.00000210. The second-order valence-corrected chi connectivity index (χ2v) is 6.43. The summed E-state index contributed by atoms with van der Waals surface area (Å²) in [4.78, 5) is 6.80. The minimum atomic E-state index is 0. The van der Waals surface area contributed by atoms with Gasteiger partial charge in [-0.25, -0.2) is 0 Å². The zero-order valence-electron chi connectivity index (χ0n) is 15.3. The van der Waals surface area contributed by atoms with E-state index in [1.807, 2.05) is 35.1 Å². The Labute approximate surface area is 163 Å². The lowest BCUT2D eigenvalue weighted by molar-refractivity contribution is 0.190. The van der Waals surface area contributed by atoms with Gasteiger partial charge >= 0.3 is 0 Å². The van der Waals surface area contributed by atoms with Gasteiger partial charge in [0.2, 0.25) is 0 Å². The Bertz CT molecular complexity index is 863. The van der Waals surface area contributed by atoms with Gasteiger partial charge in [0.1, 0.15) is 5.75 Å². The maximum Gasteiger partial charge on any atom is 0.261 e. The van der Waals surface area contributed by atoms with E-state index in [9.17, 15) is 0 Å². The Morgan fingerprint density at radius 3 is 2.85 bits per heavy atom. The molecule has 1 aliphatic rings. The van der Waals surface area contributed by atoms with E-state index in [1.54, 1.807) is 13.3 Å². The lowest BCUT2D eigenvalue weighted by atomic mass is 10.2. The Kier molecular flexibility index (Phi) is 6.10. The summed E-state index contributed by atoms with van der Waals surface area (Å²) in [6.07, 6.45) is 3.67. The topological polar surface area (TPSA) is 81.2 Å². The van der Waals surface area contributed by atoms with Gasteiger partial charge in [0.15, 0.2) is 5.82 Å². The van der Waals surface area contributed by atoms with Crippen molar-refractivity contribution in [3.8, 4) is 17.2 Å². The molecule has 3 heterocycles. The van der Waals surface area contributed by atoms with Crippen molar-refractivity contribution in [2.45, 2.75) is 12.6 Å². The van der Waals surface area contributed by atoms with Gasteiger partial charge in [0.25, 0.3) is 5.89 Å². The first-order valence-corrected chi connectivity index (χ1v) is 8.63. The average Bonchev–Trinajstić information content (AvgIpc) is 3.32. The van der Waals surface area contributed by atoms with E-state index in [0.717, 1.165) is 36.5 Å². The van der Waals surface area contributed by atoms with Crippen LogP contribution in [0.4, 0.5) is 0 Å². The number of nitrogens with zero attached hydrogens (tertiary/aromatic N) is 5. The predicted molar refractivity (Wildman–Crippen MR) is 103 cm³/mol. The number of benzene rings is 1. The Morgan fingerprint density at radius 1 is 1.30 bits per heavy atom. The van der Waals surface area contributed by atoms with Crippen LogP contribution in [0, 0.1) is 0 Å². The van der Waals surface area contributed by atoms with E-state index in [-0.39, 0.29) is 18.4 Å². The summed E-state index contributed by atoms with van der Waals surface area (Å²) in [5.41, 5.74) is 1.96. The molecule has 3 aromatic rings.